The zero-order valence-corrected chi connectivity index (χ0v) is 38.8. The molecule has 0 saturated heterocycles. The first-order chi connectivity index (χ1) is 27.9. The molecule has 6 heteroatoms. The fourth-order valence-corrected chi connectivity index (χ4v) is 7.69. The fourth-order valence-electron chi connectivity index (χ4n) is 7.69. The lowest BCUT2D eigenvalue weighted by molar-refractivity contribution is -0.167. The van der Waals surface area contributed by atoms with Gasteiger partial charge in [-0.05, 0) is 25.2 Å². The van der Waals surface area contributed by atoms with Crippen LogP contribution >= 0.6 is 0 Å². The Morgan fingerprint density at radius 1 is 0.333 bits per heavy atom. The van der Waals surface area contributed by atoms with E-state index in [0.29, 0.717) is 19.3 Å². The predicted octanol–water partition coefficient (Wildman–Crippen LogP) is 16.3. The highest BCUT2D eigenvalue weighted by atomic mass is 16.6. The molecule has 338 valence electrons. The first kappa shape index (κ1) is 55.4. The van der Waals surface area contributed by atoms with Crippen LogP contribution in [-0.2, 0) is 28.6 Å². The highest BCUT2D eigenvalue weighted by Gasteiger charge is 2.19. The number of hydrogen-bond donors (Lipinski definition) is 0. The van der Waals surface area contributed by atoms with E-state index < -0.39 is 6.10 Å². The third-order valence-corrected chi connectivity index (χ3v) is 11.5. The molecule has 1 atom stereocenters. The van der Waals surface area contributed by atoms with E-state index in [-0.39, 0.29) is 31.1 Å². The van der Waals surface area contributed by atoms with Crippen LogP contribution in [0, 0.1) is 5.92 Å². The third-order valence-electron chi connectivity index (χ3n) is 11.5. The number of hydrogen-bond acceptors (Lipinski definition) is 6. The van der Waals surface area contributed by atoms with E-state index in [1.54, 1.807) is 0 Å². The molecule has 0 aliphatic heterocycles. The van der Waals surface area contributed by atoms with Gasteiger partial charge in [-0.2, -0.15) is 0 Å². The van der Waals surface area contributed by atoms with Crippen molar-refractivity contribution in [3.8, 4) is 0 Å². The van der Waals surface area contributed by atoms with Crippen LogP contribution in [0.5, 0.6) is 0 Å². The fraction of sp³-hybridized carbons (Fsp3) is 0.941. The number of carbonyl (C=O) groups excluding carboxylic acids is 3. The largest absolute Gasteiger partial charge is 0.462 e. The molecule has 0 heterocycles. The SMILES string of the molecule is CCCCCCCCCCCCCCCCCCCCC(=O)OC[C@H](COC(=O)CCCCCCCCCCCCCC(C)C)OC(=O)CCCCCCCCC. The Kier molecular flexibility index (Phi) is 44.2. The minimum atomic E-state index is -0.759. The number of unbranched alkanes of at least 4 members (excludes halogenated alkanes) is 33. The lowest BCUT2D eigenvalue weighted by atomic mass is 10.0. The van der Waals surface area contributed by atoms with Crippen LogP contribution in [0.1, 0.15) is 285 Å². The zero-order valence-electron chi connectivity index (χ0n) is 38.8. The van der Waals surface area contributed by atoms with Crippen molar-refractivity contribution in [3.63, 3.8) is 0 Å². The quantitative estimate of drug-likeness (QED) is 0.0346. The van der Waals surface area contributed by atoms with E-state index >= 15 is 0 Å². The summed E-state index contributed by atoms with van der Waals surface area (Å²) in [5.74, 6) is -0.0269. The van der Waals surface area contributed by atoms with Crippen molar-refractivity contribution in [1.29, 1.82) is 0 Å². The number of ether oxygens (including phenoxy) is 3. The van der Waals surface area contributed by atoms with Crippen LogP contribution in [-0.4, -0.2) is 37.2 Å². The molecule has 0 aliphatic rings. The molecule has 6 nitrogen and oxygen atoms in total. The van der Waals surface area contributed by atoms with Gasteiger partial charge in [0.2, 0.25) is 0 Å². The number of carbonyl (C=O) groups is 3. The first-order valence-corrected chi connectivity index (χ1v) is 25.4. The Labute approximate surface area is 355 Å². The van der Waals surface area contributed by atoms with Gasteiger partial charge < -0.3 is 14.2 Å². The van der Waals surface area contributed by atoms with Crippen molar-refractivity contribution in [2.75, 3.05) is 13.2 Å². The van der Waals surface area contributed by atoms with Gasteiger partial charge in [-0.25, -0.2) is 0 Å². The third kappa shape index (κ3) is 45.3. The van der Waals surface area contributed by atoms with Crippen LogP contribution in [0.3, 0.4) is 0 Å². The Hall–Kier alpha value is -1.59. The molecule has 0 spiro atoms. The topological polar surface area (TPSA) is 78.9 Å². The van der Waals surface area contributed by atoms with E-state index in [1.165, 1.54) is 180 Å². The number of rotatable bonds is 46. The lowest BCUT2D eigenvalue weighted by Gasteiger charge is -2.18. The molecule has 0 amide bonds. The first-order valence-electron chi connectivity index (χ1n) is 25.4. The van der Waals surface area contributed by atoms with Gasteiger partial charge in [0.15, 0.2) is 6.10 Å². The maximum absolute atomic E-state index is 12.6. The summed E-state index contributed by atoms with van der Waals surface area (Å²) in [6.07, 6.45) is 46.8. The summed E-state index contributed by atoms with van der Waals surface area (Å²) < 4.78 is 16.7. The van der Waals surface area contributed by atoms with Crippen molar-refractivity contribution in [3.05, 3.63) is 0 Å². The minimum absolute atomic E-state index is 0.0636. The molecule has 0 radical (unpaired) electrons. The highest BCUT2D eigenvalue weighted by molar-refractivity contribution is 5.71. The smallest absolute Gasteiger partial charge is 0.306 e. The van der Waals surface area contributed by atoms with Gasteiger partial charge in [0.25, 0.3) is 0 Å². The summed E-state index contributed by atoms with van der Waals surface area (Å²) in [6.45, 7) is 8.98. The molecule has 0 aromatic rings. The minimum Gasteiger partial charge on any atom is -0.462 e. The average molecular weight is 807 g/mol. The summed E-state index contributed by atoms with van der Waals surface area (Å²) in [4.78, 5) is 37.7. The Bertz CT molecular complexity index is 857. The molecule has 0 N–H and O–H groups in total. The second kappa shape index (κ2) is 45.5. The Morgan fingerprint density at radius 3 is 0.860 bits per heavy atom. The summed E-state index contributed by atoms with van der Waals surface area (Å²) in [6, 6.07) is 0. The molecular formula is C51H98O6. The van der Waals surface area contributed by atoms with Crippen LogP contribution in [0.2, 0.25) is 0 Å². The molecule has 0 rings (SSSR count). The predicted molar refractivity (Wildman–Crippen MR) is 243 cm³/mol. The van der Waals surface area contributed by atoms with E-state index in [2.05, 4.69) is 27.7 Å². The van der Waals surface area contributed by atoms with Gasteiger partial charge in [-0.15, -0.1) is 0 Å². The van der Waals surface area contributed by atoms with E-state index in [4.69, 9.17) is 14.2 Å². The Morgan fingerprint density at radius 2 is 0.579 bits per heavy atom. The van der Waals surface area contributed by atoms with Gasteiger partial charge in [0, 0.05) is 19.3 Å². The highest BCUT2D eigenvalue weighted by Crippen LogP contribution is 2.17. The standard InChI is InChI=1S/C51H98O6/c1-5-7-9-11-13-14-15-16-17-18-19-20-21-24-27-31-34-38-42-49(52)55-45-48(57-51(54)44-40-36-29-12-10-8-6-2)46-56-50(53)43-39-35-32-28-25-22-23-26-30-33-37-41-47(3)4/h47-48H,5-46H2,1-4H3/t48-/m1/s1. The van der Waals surface area contributed by atoms with Crippen LogP contribution in [0.25, 0.3) is 0 Å². The van der Waals surface area contributed by atoms with E-state index in [9.17, 15) is 14.4 Å². The van der Waals surface area contributed by atoms with Crippen molar-refractivity contribution >= 4 is 17.9 Å². The van der Waals surface area contributed by atoms with E-state index in [0.717, 1.165) is 63.7 Å². The van der Waals surface area contributed by atoms with Crippen LogP contribution in [0.4, 0.5) is 0 Å². The monoisotopic (exact) mass is 807 g/mol. The molecule has 0 fully saturated rings. The molecule has 0 aromatic carbocycles. The number of esters is 3. The Balaban J connectivity index is 4.15. The van der Waals surface area contributed by atoms with E-state index in [1.807, 2.05) is 0 Å². The summed E-state index contributed by atoms with van der Waals surface area (Å²) in [5, 5.41) is 0. The maximum atomic E-state index is 12.6. The average Bonchev–Trinajstić information content (AvgIpc) is 3.19. The van der Waals surface area contributed by atoms with Crippen LogP contribution in [0.15, 0.2) is 0 Å². The van der Waals surface area contributed by atoms with Gasteiger partial charge in [-0.3, -0.25) is 14.4 Å². The van der Waals surface area contributed by atoms with Gasteiger partial charge in [-0.1, -0.05) is 246 Å². The summed E-state index contributed by atoms with van der Waals surface area (Å²) >= 11 is 0. The molecule has 0 saturated carbocycles. The molecule has 0 aromatic heterocycles. The second-order valence-electron chi connectivity index (χ2n) is 17.9. The lowest BCUT2D eigenvalue weighted by Crippen LogP contribution is -2.30. The second-order valence-corrected chi connectivity index (χ2v) is 17.9. The maximum Gasteiger partial charge on any atom is 0.306 e. The normalized spacial score (nSPS) is 11.9. The zero-order chi connectivity index (χ0) is 41.7. The molecule has 0 bridgehead atoms. The summed E-state index contributed by atoms with van der Waals surface area (Å²) in [5.41, 5.74) is 0. The summed E-state index contributed by atoms with van der Waals surface area (Å²) in [7, 11) is 0. The van der Waals surface area contributed by atoms with Gasteiger partial charge in [0.1, 0.15) is 13.2 Å². The molecule has 57 heavy (non-hydrogen) atoms. The molecule has 0 aliphatic carbocycles. The van der Waals surface area contributed by atoms with Gasteiger partial charge >= 0.3 is 17.9 Å². The van der Waals surface area contributed by atoms with Gasteiger partial charge in [0.05, 0.1) is 0 Å². The van der Waals surface area contributed by atoms with Crippen LogP contribution < -0.4 is 0 Å². The molecular weight excluding hydrogens is 709 g/mol. The van der Waals surface area contributed by atoms with Crippen molar-refractivity contribution in [2.24, 2.45) is 5.92 Å². The molecule has 0 unspecified atom stereocenters. The van der Waals surface area contributed by atoms with Crippen molar-refractivity contribution in [1.82, 2.24) is 0 Å². The van der Waals surface area contributed by atoms with Crippen molar-refractivity contribution in [2.45, 2.75) is 291 Å². The van der Waals surface area contributed by atoms with Crippen molar-refractivity contribution < 1.29 is 28.6 Å².